The van der Waals surface area contributed by atoms with Crippen molar-refractivity contribution in [3.63, 3.8) is 0 Å². The number of aromatic amines is 1. The Hall–Kier alpha value is -2.97. The van der Waals surface area contributed by atoms with E-state index in [1.807, 2.05) is 6.07 Å². The van der Waals surface area contributed by atoms with Gasteiger partial charge in [0.25, 0.3) is 5.91 Å². The number of sulfonamides is 1. The Balaban J connectivity index is 1.46. The number of para-hydroxylation sites is 1. The summed E-state index contributed by atoms with van der Waals surface area (Å²) in [5.41, 5.74) is 1.13. The van der Waals surface area contributed by atoms with Gasteiger partial charge in [0, 0.05) is 36.7 Å². The largest absolute Gasteiger partial charge is 0.360 e. The van der Waals surface area contributed by atoms with Crippen molar-refractivity contribution in [1.29, 1.82) is 0 Å². The Kier molecular flexibility index (Phi) is 5.21. The van der Waals surface area contributed by atoms with Crippen LogP contribution in [0.5, 0.6) is 0 Å². The van der Waals surface area contributed by atoms with Gasteiger partial charge in [0.05, 0.1) is 4.90 Å². The molecule has 1 aromatic heterocycles. The average molecular weight is 411 g/mol. The summed E-state index contributed by atoms with van der Waals surface area (Å²) in [6.07, 6.45) is 3.18. The van der Waals surface area contributed by atoms with Crippen LogP contribution in [-0.2, 0) is 16.6 Å². The van der Waals surface area contributed by atoms with Gasteiger partial charge in [-0.05, 0) is 42.7 Å². The number of benzene rings is 2. The van der Waals surface area contributed by atoms with Crippen molar-refractivity contribution in [2.45, 2.75) is 24.3 Å². The summed E-state index contributed by atoms with van der Waals surface area (Å²) in [5.74, 6) is -0.481. The molecule has 1 aliphatic rings. The first-order valence-electron chi connectivity index (χ1n) is 9.44. The molecule has 150 valence electrons. The van der Waals surface area contributed by atoms with E-state index in [9.17, 15) is 18.0 Å². The Bertz CT molecular complexity index is 1210. The molecular formula is C21H21N3O4S. The summed E-state index contributed by atoms with van der Waals surface area (Å²) in [4.78, 5) is 28.2. The molecule has 2 heterocycles. The molecule has 0 aliphatic carbocycles. The maximum atomic E-state index is 12.6. The van der Waals surface area contributed by atoms with Crippen LogP contribution < -0.4 is 10.7 Å². The number of nitrogens with zero attached hydrogens (tertiary/aromatic N) is 1. The Morgan fingerprint density at radius 2 is 1.72 bits per heavy atom. The molecule has 0 unspecified atom stereocenters. The molecule has 2 aromatic carbocycles. The first-order valence-corrected chi connectivity index (χ1v) is 10.9. The number of pyridine rings is 1. The Labute approximate surface area is 168 Å². The van der Waals surface area contributed by atoms with Crippen molar-refractivity contribution in [2.75, 3.05) is 13.1 Å². The van der Waals surface area contributed by atoms with Crippen LogP contribution in [0, 0.1) is 0 Å². The number of carbonyl (C=O) groups is 1. The molecule has 8 heteroatoms. The van der Waals surface area contributed by atoms with Gasteiger partial charge >= 0.3 is 0 Å². The highest BCUT2D eigenvalue weighted by Crippen LogP contribution is 2.21. The maximum absolute atomic E-state index is 12.6. The molecule has 29 heavy (non-hydrogen) atoms. The number of rotatable bonds is 5. The van der Waals surface area contributed by atoms with Gasteiger partial charge in [-0.3, -0.25) is 9.59 Å². The molecule has 1 aliphatic heterocycles. The van der Waals surface area contributed by atoms with Crippen LogP contribution in [-0.4, -0.2) is 36.7 Å². The summed E-state index contributed by atoms with van der Waals surface area (Å²) in [6, 6.07) is 13.5. The van der Waals surface area contributed by atoms with E-state index in [2.05, 4.69) is 10.3 Å². The normalized spacial score (nSPS) is 14.9. The lowest BCUT2D eigenvalue weighted by Crippen LogP contribution is -2.29. The van der Waals surface area contributed by atoms with Crippen LogP contribution in [0.1, 0.15) is 28.8 Å². The summed E-state index contributed by atoms with van der Waals surface area (Å²) >= 11 is 0. The molecule has 1 fully saturated rings. The minimum absolute atomic E-state index is 0.0388. The molecule has 0 bridgehead atoms. The van der Waals surface area contributed by atoms with Crippen molar-refractivity contribution in [3.8, 4) is 0 Å². The third-order valence-corrected chi connectivity index (χ3v) is 7.03. The number of hydrogen-bond donors (Lipinski definition) is 2. The highest BCUT2D eigenvalue weighted by Gasteiger charge is 2.26. The average Bonchev–Trinajstić information content (AvgIpc) is 3.29. The first-order chi connectivity index (χ1) is 14.0. The van der Waals surface area contributed by atoms with Crippen molar-refractivity contribution < 1.29 is 13.2 Å². The quantitative estimate of drug-likeness (QED) is 0.673. The molecular weight excluding hydrogens is 390 g/mol. The second-order valence-corrected chi connectivity index (χ2v) is 8.95. The standard InChI is InChI=1S/C21H21N3O4S/c25-20-17-5-1-2-6-19(17)22-14-18(20)21(26)23-13-15-7-9-16(10-8-15)29(27,28)24-11-3-4-12-24/h1-2,5-10,14H,3-4,11-13H2,(H,22,25)(H,23,26). The monoisotopic (exact) mass is 411 g/mol. The number of nitrogens with one attached hydrogen (secondary N) is 2. The predicted molar refractivity (Wildman–Crippen MR) is 110 cm³/mol. The summed E-state index contributed by atoms with van der Waals surface area (Å²) < 4.78 is 26.6. The lowest BCUT2D eigenvalue weighted by atomic mass is 10.1. The van der Waals surface area contributed by atoms with Crippen LogP contribution in [0.4, 0.5) is 0 Å². The molecule has 7 nitrogen and oxygen atoms in total. The van der Waals surface area contributed by atoms with Gasteiger partial charge < -0.3 is 10.3 Å². The minimum atomic E-state index is -3.46. The van der Waals surface area contributed by atoms with E-state index in [1.54, 1.807) is 42.5 Å². The van der Waals surface area contributed by atoms with Crippen LogP contribution >= 0.6 is 0 Å². The molecule has 1 amide bonds. The van der Waals surface area contributed by atoms with Crippen LogP contribution in [0.15, 0.2) is 64.4 Å². The molecule has 0 atom stereocenters. The van der Waals surface area contributed by atoms with Crippen molar-refractivity contribution >= 4 is 26.8 Å². The van der Waals surface area contributed by atoms with Crippen LogP contribution in [0.2, 0.25) is 0 Å². The SMILES string of the molecule is O=C(NCc1ccc(S(=O)(=O)N2CCCC2)cc1)c1c[nH]c2ccccc2c1=O. The van der Waals surface area contributed by atoms with Gasteiger partial charge in [0.2, 0.25) is 15.5 Å². The fourth-order valence-corrected chi connectivity index (χ4v) is 4.99. The molecule has 0 radical (unpaired) electrons. The highest BCUT2D eigenvalue weighted by molar-refractivity contribution is 7.89. The fraction of sp³-hybridized carbons (Fsp3) is 0.238. The molecule has 4 rings (SSSR count). The van der Waals surface area contributed by atoms with Gasteiger partial charge in [0.1, 0.15) is 5.56 Å². The lowest BCUT2D eigenvalue weighted by molar-refractivity contribution is 0.0949. The second kappa shape index (κ2) is 7.81. The van der Waals surface area contributed by atoms with E-state index in [0.717, 1.165) is 18.4 Å². The van der Waals surface area contributed by atoms with Gasteiger partial charge in [0.15, 0.2) is 0 Å². The van der Waals surface area contributed by atoms with Gasteiger partial charge in [-0.25, -0.2) is 8.42 Å². The molecule has 3 aromatic rings. The predicted octanol–water partition coefficient (Wildman–Crippen LogP) is 2.24. The maximum Gasteiger partial charge on any atom is 0.257 e. The van der Waals surface area contributed by atoms with Gasteiger partial charge in [-0.2, -0.15) is 4.31 Å². The summed E-state index contributed by atoms with van der Waals surface area (Å²) in [7, 11) is -3.46. The zero-order chi connectivity index (χ0) is 20.4. The van der Waals surface area contributed by atoms with Crippen molar-refractivity contribution in [2.24, 2.45) is 0 Å². The summed E-state index contributed by atoms with van der Waals surface area (Å²) in [5, 5.41) is 3.17. The highest BCUT2D eigenvalue weighted by atomic mass is 32.2. The van der Waals surface area contributed by atoms with E-state index in [4.69, 9.17) is 0 Å². The van der Waals surface area contributed by atoms with E-state index >= 15 is 0 Å². The fourth-order valence-electron chi connectivity index (χ4n) is 3.47. The Morgan fingerprint density at radius 3 is 2.45 bits per heavy atom. The lowest BCUT2D eigenvalue weighted by Gasteiger charge is -2.15. The molecule has 0 spiro atoms. The zero-order valence-corrected chi connectivity index (χ0v) is 16.5. The van der Waals surface area contributed by atoms with Gasteiger partial charge in [-0.15, -0.1) is 0 Å². The van der Waals surface area contributed by atoms with E-state index in [-0.39, 0.29) is 22.4 Å². The van der Waals surface area contributed by atoms with Crippen molar-refractivity contribution in [3.05, 3.63) is 76.1 Å². The van der Waals surface area contributed by atoms with E-state index < -0.39 is 15.9 Å². The van der Waals surface area contributed by atoms with Crippen LogP contribution in [0.3, 0.4) is 0 Å². The number of aromatic nitrogens is 1. The third kappa shape index (κ3) is 3.81. The molecule has 2 N–H and O–H groups in total. The number of amides is 1. The topological polar surface area (TPSA) is 99.3 Å². The number of H-pyrrole nitrogens is 1. The first kappa shape index (κ1) is 19.4. The number of carbonyl (C=O) groups excluding carboxylic acids is 1. The molecule has 0 saturated carbocycles. The third-order valence-electron chi connectivity index (χ3n) is 5.11. The number of fused-ring (bicyclic) bond motifs is 1. The van der Waals surface area contributed by atoms with Gasteiger partial charge in [-0.1, -0.05) is 24.3 Å². The van der Waals surface area contributed by atoms with E-state index in [1.165, 1.54) is 10.5 Å². The Morgan fingerprint density at radius 1 is 1.03 bits per heavy atom. The summed E-state index contributed by atoms with van der Waals surface area (Å²) in [6.45, 7) is 1.30. The molecule has 1 saturated heterocycles. The second-order valence-electron chi connectivity index (χ2n) is 7.01. The smallest absolute Gasteiger partial charge is 0.257 e. The minimum Gasteiger partial charge on any atom is -0.360 e. The van der Waals surface area contributed by atoms with Crippen molar-refractivity contribution in [1.82, 2.24) is 14.6 Å². The van der Waals surface area contributed by atoms with E-state index in [0.29, 0.717) is 24.0 Å². The van der Waals surface area contributed by atoms with Crippen LogP contribution in [0.25, 0.3) is 10.9 Å². The number of hydrogen-bond acceptors (Lipinski definition) is 4. The zero-order valence-electron chi connectivity index (χ0n) is 15.7.